The first-order chi connectivity index (χ1) is 6.93. The Hall–Kier alpha value is 0.310. The molecular formula is C12H21NS. The van der Waals surface area contributed by atoms with Gasteiger partial charge in [0.1, 0.15) is 0 Å². The van der Waals surface area contributed by atoms with Gasteiger partial charge in [0.2, 0.25) is 0 Å². The van der Waals surface area contributed by atoms with Gasteiger partial charge < -0.3 is 5.32 Å². The van der Waals surface area contributed by atoms with Crippen molar-refractivity contribution in [2.75, 3.05) is 11.5 Å². The number of rotatable bonds is 1. The minimum atomic E-state index is 0.897. The smallest absolute Gasteiger partial charge is 0.0101 e. The van der Waals surface area contributed by atoms with Crippen LogP contribution in [0.25, 0.3) is 0 Å². The third-order valence-electron chi connectivity index (χ3n) is 4.51. The molecule has 2 heteroatoms. The van der Waals surface area contributed by atoms with Crippen molar-refractivity contribution >= 4 is 11.8 Å². The lowest BCUT2D eigenvalue weighted by Crippen LogP contribution is -2.44. The molecule has 0 aromatic carbocycles. The summed E-state index contributed by atoms with van der Waals surface area (Å²) in [6.07, 6.45) is 8.92. The standard InChI is InChI=1S/C12H21NS/c1-3-11(9-5-7-14-8-6-9)12-4-2-10(1)13-12/h9-13H,1-8H2. The van der Waals surface area contributed by atoms with Crippen LogP contribution in [0.15, 0.2) is 0 Å². The minimum absolute atomic E-state index is 0.897. The van der Waals surface area contributed by atoms with Gasteiger partial charge in [-0.25, -0.2) is 0 Å². The van der Waals surface area contributed by atoms with Crippen LogP contribution in [0.2, 0.25) is 0 Å². The normalized spacial score (nSPS) is 44.1. The Morgan fingerprint density at radius 1 is 0.857 bits per heavy atom. The van der Waals surface area contributed by atoms with Gasteiger partial charge in [-0.2, -0.15) is 11.8 Å². The van der Waals surface area contributed by atoms with E-state index in [4.69, 9.17) is 0 Å². The molecule has 0 aliphatic carbocycles. The summed E-state index contributed by atoms with van der Waals surface area (Å²) in [5.41, 5.74) is 0. The molecule has 2 bridgehead atoms. The molecule has 0 amide bonds. The van der Waals surface area contributed by atoms with Crippen LogP contribution in [-0.2, 0) is 0 Å². The van der Waals surface area contributed by atoms with Crippen molar-refractivity contribution in [1.82, 2.24) is 5.32 Å². The first kappa shape index (κ1) is 9.53. The minimum Gasteiger partial charge on any atom is -0.311 e. The highest BCUT2D eigenvalue weighted by atomic mass is 32.2. The van der Waals surface area contributed by atoms with Crippen molar-refractivity contribution in [3.63, 3.8) is 0 Å². The Labute approximate surface area is 91.4 Å². The van der Waals surface area contributed by atoms with Gasteiger partial charge in [0.25, 0.3) is 0 Å². The molecular weight excluding hydrogens is 190 g/mol. The van der Waals surface area contributed by atoms with E-state index in [9.17, 15) is 0 Å². The number of piperidine rings is 1. The average molecular weight is 211 g/mol. The van der Waals surface area contributed by atoms with Gasteiger partial charge in [0.05, 0.1) is 0 Å². The largest absolute Gasteiger partial charge is 0.311 e. The van der Waals surface area contributed by atoms with Crippen LogP contribution in [-0.4, -0.2) is 23.6 Å². The van der Waals surface area contributed by atoms with Gasteiger partial charge in [0.15, 0.2) is 0 Å². The van der Waals surface area contributed by atoms with Crippen LogP contribution < -0.4 is 5.32 Å². The summed E-state index contributed by atoms with van der Waals surface area (Å²) in [6.45, 7) is 0. The predicted molar refractivity (Wildman–Crippen MR) is 62.7 cm³/mol. The Morgan fingerprint density at radius 2 is 1.64 bits per heavy atom. The first-order valence-electron chi connectivity index (χ1n) is 6.27. The van der Waals surface area contributed by atoms with E-state index in [0.29, 0.717) is 0 Å². The van der Waals surface area contributed by atoms with Crippen molar-refractivity contribution in [2.45, 2.75) is 50.6 Å². The topological polar surface area (TPSA) is 12.0 Å². The molecule has 0 aromatic rings. The fraction of sp³-hybridized carbons (Fsp3) is 1.00. The van der Waals surface area contributed by atoms with Gasteiger partial charge in [-0.05, 0) is 61.9 Å². The summed E-state index contributed by atoms with van der Waals surface area (Å²) in [5.74, 6) is 4.96. The summed E-state index contributed by atoms with van der Waals surface area (Å²) >= 11 is 2.16. The summed E-state index contributed by atoms with van der Waals surface area (Å²) in [4.78, 5) is 0. The number of fused-ring (bicyclic) bond motifs is 2. The van der Waals surface area contributed by atoms with E-state index in [0.717, 1.165) is 23.9 Å². The molecule has 3 saturated heterocycles. The molecule has 3 heterocycles. The van der Waals surface area contributed by atoms with Crippen molar-refractivity contribution < 1.29 is 0 Å². The molecule has 0 aromatic heterocycles. The lowest BCUT2D eigenvalue weighted by atomic mass is 9.78. The van der Waals surface area contributed by atoms with Crippen LogP contribution in [0.1, 0.15) is 38.5 Å². The molecule has 3 fully saturated rings. The van der Waals surface area contributed by atoms with E-state index in [2.05, 4.69) is 17.1 Å². The van der Waals surface area contributed by atoms with Crippen molar-refractivity contribution in [2.24, 2.45) is 11.8 Å². The van der Waals surface area contributed by atoms with E-state index in [1.807, 2.05) is 0 Å². The third kappa shape index (κ3) is 1.71. The zero-order valence-corrected chi connectivity index (χ0v) is 9.69. The molecule has 0 radical (unpaired) electrons. The second-order valence-electron chi connectivity index (χ2n) is 5.24. The van der Waals surface area contributed by atoms with E-state index < -0.39 is 0 Å². The van der Waals surface area contributed by atoms with Crippen molar-refractivity contribution in [1.29, 1.82) is 0 Å². The van der Waals surface area contributed by atoms with Crippen molar-refractivity contribution in [3.8, 4) is 0 Å². The maximum absolute atomic E-state index is 3.83. The second kappa shape index (κ2) is 4.05. The first-order valence-corrected chi connectivity index (χ1v) is 7.43. The number of thioether (sulfide) groups is 1. The number of nitrogens with one attached hydrogen (secondary N) is 1. The summed E-state index contributed by atoms with van der Waals surface area (Å²) < 4.78 is 0. The van der Waals surface area contributed by atoms with Crippen LogP contribution in [0, 0.1) is 11.8 Å². The summed E-state index contributed by atoms with van der Waals surface area (Å²) in [6, 6.07) is 1.80. The second-order valence-corrected chi connectivity index (χ2v) is 6.46. The molecule has 3 unspecified atom stereocenters. The lowest BCUT2D eigenvalue weighted by molar-refractivity contribution is 0.195. The Morgan fingerprint density at radius 3 is 2.50 bits per heavy atom. The van der Waals surface area contributed by atoms with Crippen molar-refractivity contribution in [3.05, 3.63) is 0 Å². The number of hydrogen-bond acceptors (Lipinski definition) is 2. The highest BCUT2D eigenvalue weighted by molar-refractivity contribution is 7.99. The molecule has 3 rings (SSSR count). The van der Waals surface area contributed by atoms with Gasteiger partial charge in [-0.3, -0.25) is 0 Å². The molecule has 0 saturated carbocycles. The van der Waals surface area contributed by atoms with Gasteiger partial charge >= 0.3 is 0 Å². The Kier molecular flexibility index (Phi) is 2.76. The SMILES string of the molecule is C1CC(C2CCC3CCC2N3)CCS1. The summed E-state index contributed by atoms with van der Waals surface area (Å²) in [5, 5.41) is 3.83. The van der Waals surface area contributed by atoms with Crippen LogP contribution in [0.3, 0.4) is 0 Å². The maximum atomic E-state index is 3.83. The van der Waals surface area contributed by atoms with Gasteiger partial charge in [-0.15, -0.1) is 0 Å². The van der Waals surface area contributed by atoms with Crippen LogP contribution >= 0.6 is 11.8 Å². The molecule has 0 spiro atoms. The quantitative estimate of drug-likeness (QED) is 0.715. The van der Waals surface area contributed by atoms with E-state index in [-0.39, 0.29) is 0 Å². The fourth-order valence-electron chi connectivity index (χ4n) is 3.72. The van der Waals surface area contributed by atoms with E-state index in [1.165, 1.54) is 50.0 Å². The zero-order chi connectivity index (χ0) is 9.38. The summed E-state index contributed by atoms with van der Waals surface area (Å²) in [7, 11) is 0. The number of hydrogen-bond donors (Lipinski definition) is 1. The molecule has 80 valence electrons. The van der Waals surface area contributed by atoms with Gasteiger partial charge in [0, 0.05) is 12.1 Å². The van der Waals surface area contributed by atoms with Crippen LogP contribution in [0.4, 0.5) is 0 Å². The molecule has 1 nitrogen and oxygen atoms in total. The predicted octanol–water partition coefficient (Wildman–Crippen LogP) is 2.66. The molecule has 3 aliphatic heterocycles. The molecule has 14 heavy (non-hydrogen) atoms. The van der Waals surface area contributed by atoms with E-state index in [1.54, 1.807) is 0 Å². The van der Waals surface area contributed by atoms with Gasteiger partial charge in [-0.1, -0.05) is 0 Å². The Bertz CT molecular complexity index is 200. The van der Waals surface area contributed by atoms with E-state index >= 15 is 0 Å². The maximum Gasteiger partial charge on any atom is 0.0101 e. The Balaban J connectivity index is 1.65. The lowest BCUT2D eigenvalue weighted by Gasteiger charge is -2.37. The molecule has 3 atom stereocenters. The highest BCUT2D eigenvalue weighted by Gasteiger charge is 2.38. The fourth-order valence-corrected chi connectivity index (χ4v) is 4.86. The van der Waals surface area contributed by atoms with Crippen LogP contribution in [0.5, 0.6) is 0 Å². The highest BCUT2D eigenvalue weighted by Crippen LogP contribution is 2.40. The third-order valence-corrected chi connectivity index (χ3v) is 5.56. The average Bonchev–Trinajstić information content (AvgIpc) is 2.62. The molecule has 1 N–H and O–H groups in total. The monoisotopic (exact) mass is 211 g/mol. The molecule has 3 aliphatic rings. The zero-order valence-electron chi connectivity index (χ0n) is 8.87.